The third-order valence-electron chi connectivity index (χ3n) is 3.89. The zero-order valence-corrected chi connectivity index (χ0v) is 16.3. The van der Waals surface area contributed by atoms with E-state index in [9.17, 15) is 18.0 Å². The summed E-state index contributed by atoms with van der Waals surface area (Å²) < 4.78 is 27.4. The molecule has 2 aromatic carbocycles. The smallest absolute Gasteiger partial charge is 0.335 e. The lowest BCUT2D eigenvalue weighted by Crippen LogP contribution is -2.13. The van der Waals surface area contributed by atoms with Crippen LogP contribution in [-0.4, -0.2) is 25.4 Å². The fourth-order valence-corrected chi connectivity index (χ4v) is 4.60. The summed E-state index contributed by atoms with van der Waals surface area (Å²) in [5.74, 6) is -1.50. The summed E-state index contributed by atoms with van der Waals surface area (Å²) >= 11 is 1.02. The first kappa shape index (κ1) is 19.6. The molecule has 1 aromatic heterocycles. The maximum atomic E-state index is 12.5. The Morgan fingerprint density at radius 2 is 1.71 bits per heavy atom. The molecule has 7 nitrogen and oxygen atoms in total. The lowest BCUT2D eigenvalue weighted by molar-refractivity contribution is 0.0696. The Hall–Kier alpha value is -3.17. The molecule has 0 saturated heterocycles. The van der Waals surface area contributed by atoms with E-state index in [4.69, 9.17) is 5.11 Å². The fourth-order valence-electron chi connectivity index (χ4n) is 2.37. The Kier molecular flexibility index (Phi) is 5.48. The highest BCUT2D eigenvalue weighted by atomic mass is 32.2. The molecule has 0 aliphatic rings. The molecule has 0 radical (unpaired) electrons. The number of thiophene rings is 1. The van der Waals surface area contributed by atoms with Crippen LogP contribution in [0, 0.1) is 6.92 Å². The molecule has 0 fully saturated rings. The number of carbonyl (C=O) groups excluding carboxylic acids is 1. The first-order chi connectivity index (χ1) is 13.3. The van der Waals surface area contributed by atoms with Crippen LogP contribution in [-0.2, 0) is 10.0 Å². The van der Waals surface area contributed by atoms with Crippen molar-refractivity contribution in [3.63, 3.8) is 0 Å². The molecule has 0 saturated carbocycles. The Balaban J connectivity index is 1.75. The van der Waals surface area contributed by atoms with Crippen LogP contribution in [0.1, 0.15) is 25.6 Å². The normalized spacial score (nSPS) is 11.0. The van der Waals surface area contributed by atoms with Crippen LogP contribution >= 0.6 is 11.3 Å². The van der Waals surface area contributed by atoms with Gasteiger partial charge in [-0.3, -0.25) is 9.52 Å². The van der Waals surface area contributed by atoms with Crippen LogP contribution in [0.15, 0.2) is 64.9 Å². The van der Waals surface area contributed by atoms with Crippen LogP contribution in [0.3, 0.4) is 0 Å². The number of aryl methyl sites for hydroxylation is 1. The third-order valence-corrected chi connectivity index (χ3v) is 6.33. The van der Waals surface area contributed by atoms with Gasteiger partial charge in [0.2, 0.25) is 0 Å². The minimum atomic E-state index is -3.91. The fraction of sp³-hybridized carbons (Fsp3) is 0.0526. The highest BCUT2D eigenvalue weighted by Gasteiger charge is 2.19. The molecule has 144 valence electrons. The first-order valence-corrected chi connectivity index (χ1v) is 10.4. The molecule has 0 aliphatic carbocycles. The number of carboxylic acids is 1. The summed E-state index contributed by atoms with van der Waals surface area (Å²) in [6, 6.07) is 13.9. The van der Waals surface area contributed by atoms with Crippen molar-refractivity contribution in [2.45, 2.75) is 11.8 Å². The number of aromatic carboxylic acids is 1. The molecule has 0 bridgehead atoms. The number of carbonyl (C=O) groups is 2. The number of sulfonamides is 1. The molecule has 0 unspecified atom stereocenters. The predicted octanol–water partition coefficient (Wildman–Crippen LogP) is 3.81. The number of amides is 1. The van der Waals surface area contributed by atoms with E-state index in [2.05, 4.69) is 10.0 Å². The summed E-state index contributed by atoms with van der Waals surface area (Å²) in [5.41, 5.74) is 1.82. The average molecular weight is 416 g/mol. The molecule has 1 heterocycles. The van der Waals surface area contributed by atoms with Gasteiger partial charge in [0.25, 0.3) is 15.9 Å². The van der Waals surface area contributed by atoms with Crippen molar-refractivity contribution < 1.29 is 23.1 Å². The van der Waals surface area contributed by atoms with E-state index in [1.54, 1.807) is 12.1 Å². The van der Waals surface area contributed by atoms with E-state index in [1.165, 1.54) is 35.7 Å². The van der Waals surface area contributed by atoms with Crippen LogP contribution in [0.25, 0.3) is 0 Å². The van der Waals surface area contributed by atoms with Crippen LogP contribution in [0.2, 0.25) is 0 Å². The molecule has 3 aromatic rings. The monoisotopic (exact) mass is 416 g/mol. The van der Waals surface area contributed by atoms with Gasteiger partial charge >= 0.3 is 5.97 Å². The van der Waals surface area contributed by atoms with Crippen LogP contribution in [0.5, 0.6) is 0 Å². The predicted molar refractivity (Wildman–Crippen MR) is 108 cm³/mol. The van der Waals surface area contributed by atoms with Gasteiger partial charge in [-0.15, -0.1) is 11.3 Å². The van der Waals surface area contributed by atoms with E-state index in [0.29, 0.717) is 5.69 Å². The number of hydrogen-bond donors (Lipinski definition) is 3. The maximum Gasteiger partial charge on any atom is 0.335 e. The van der Waals surface area contributed by atoms with Gasteiger partial charge in [-0.1, -0.05) is 18.2 Å². The number of anilines is 2. The van der Waals surface area contributed by atoms with Gasteiger partial charge in [0.1, 0.15) is 0 Å². The topological polar surface area (TPSA) is 113 Å². The van der Waals surface area contributed by atoms with Gasteiger partial charge in [-0.25, -0.2) is 13.2 Å². The van der Waals surface area contributed by atoms with Crippen molar-refractivity contribution in [1.82, 2.24) is 0 Å². The number of para-hydroxylation sites is 1. The molecule has 0 atom stereocenters. The van der Waals surface area contributed by atoms with E-state index in [0.717, 1.165) is 16.9 Å². The Bertz CT molecular complexity index is 1140. The molecule has 3 N–H and O–H groups in total. The largest absolute Gasteiger partial charge is 0.478 e. The van der Waals surface area contributed by atoms with E-state index in [-0.39, 0.29) is 21.0 Å². The second-order valence-electron chi connectivity index (χ2n) is 5.90. The number of carboxylic acid groups (broad SMARTS) is 1. The SMILES string of the molecule is Cc1ccccc1NC(=O)c1cc(S(=O)(=O)Nc2ccc(C(=O)O)cc2)cs1. The van der Waals surface area contributed by atoms with Gasteiger partial charge in [0, 0.05) is 16.8 Å². The summed E-state index contributed by atoms with van der Waals surface area (Å²) in [6.07, 6.45) is 0. The molecule has 3 rings (SSSR count). The quantitative estimate of drug-likeness (QED) is 0.566. The van der Waals surface area contributed by atoms with E-state index >= 15 is 0 Å². The second-order valence-corrected chi connectivity index (χ2v) is 8.50. The number of rotatable bonds is 6. The Labute approximate surface area is 165 Å². The number of nitrogens with one attached hydrogen (secondary N) is 2. The van der Waals surface area contributed by atoms with Crippen molar-refractivity contribution >= 4 is 44.6 Å². The van der Waals surface area contributed by atoms with Gasteiger partial charge in [0.05, 0.1) is 15.3 Å². The third kappa shape index (κ3) is 4.38. The first-order valence-electron chi connectivity index (χ1n) is 8.08. The van der Waals surface area contributed by atoms with Crippen LogP contribution in [0.4, 0.5) is 11.4 Å². The van der Waals surface area contributed by atoms with Crippen molar-refractivity contribution in [3.8, 4) is 0 Å². The zero-order chi connectivity index (χ0) is 20.3. The van der Waals surface area contributed by atoms with E-state index < -0.39 is 21.9 Å². The molecule has 0 aliphatic heterocycles. The zero-order valence-electron chi connectivity index (χ0n) is 14.7. The molecular formula is C19H16N2O5S2. The van der Waals surface area contributed by atoms with Crippen molar-refractivity contribution in [1.29, 1.82) is 0 Å². The molecule has 28 heavy (non-hydrogen) atoms. The van der Waals surface area contributed by atoms with E-state index in [1.807, 2.05) is 19.1 Å². The van der Waals surface area contributed by atoms with Crippen molar-refractivity contribution in [2.75, 3.05) is 10.0 Å². The summed E-state index contributed by atoms with van der Waals surface area (Å²) in [7, 11) is -3.91. The highest BCUT2D eigenvalue weighted by Crippen LogP contribution is 2.24. The number of benzene rings is 2. The second kappa shape index (κ2) is 7.83. The summed E-state index contributed by atoms with van der Waals surface area (Å²) in [5, 5.41) is 13.0. The Morgan fingerprint density at radius 1 is 1.04 bits per heavy atom. The van der Waals surface area contributed by atoms with Crippen molar-refractivity contribution in [3.05, 3.63) is 76.0 Å². The lowest BCUT2D eigenvalue weighted by Gasteiger charge is -2.07. The Morgan fingerprint density at radius 3 is 2.36 bits per heavy atom. The van der Waals surface area contributed by atoms with Gasteiger partial charge in [-0.05, 0) is 48.9 Å². The van der Waals surface area contributed by atoms with Gasteiger partial charge in [0.15, 0.2) is 0 Å². The van der Waals surface area contributed by atoms with Crippen molar-refractivity contribution in [2.24, 2.45) is 0 Å². The average Bonchev–Trinajstić information content (AvgIpc) is 3.15. The highest BCUT2D eigenvalue weighted by molar-refractivity contribution is 7.92. The number of hydrogen-bond acceptors (Lipinski definition) is 5. The molecular weight excluding hydrogens is 400 g/mol. The maximum absolute atomic E-state index is 12.5. The summed E-state index contributed by atoms with van der Waals surface area (Å²) in [6.45, 7) is 1.86. The van der Waals surface area contributed by atoms with Crippen LogP contribution < -0.4 is 10.0 Å². The molecule has 0 spiro atoms. The van der Waals surface area contributed by atoms with Gasteiger partial charge in [-0.2, -0.15) is 0 Å². The summed E-state index contributed by atoms with van der Waals surface area (Å²) in [4.78, 5) is 23.5. The lowest BCUT2D eigenvalue weighted by atomic mass is 10.2. The molecule has 1 amide bonds. The van der Waals surface area contributed by atoms with Gasteiger partial charge < -0.3 is 10.4 Å². The minimum Gasteiger partial charge on any atom is -0.478 e. The standard InChI is InChI=1S/C19H16N2O5S2/c1-12-4-2-3-5-16(12)20-18(22)17-10-15(11-27-17)28(25,26)21-14-8-6-13(7-9-14)19(23)24/h2-11,21H,1H3,(H,20,22)(H,23,24). The molecule has 9 heteroatoms. The minimum absolute atomic E-state index is 0.0465.